The molecule has 0 aromatic rings. The highest BCUT2D eigenvalue weighted by atomic mass is 16.2. The van der Waals surface area contributed by atoms with Crippen LogP contribution >= 0.6 is 0 Å². The van der Waals surface area contributed by atoms with E-state index < -0.39 is 0 Å². The van der Waals surface area contributed by atoms with Crippen LogP contribution in [0.5, 0.6) is 0 Å². The summed E-state index contributed by atoms with van der Waals surface area (Å²) in [6.45, 7) is 10.8. The lowest BCUT2D eigenvalue weighted by atomic mass is 9.91. The zero-order chi connectivity index (χ0) is 12.7. The van der Waals surface area contributed by atoms with E-state index in [1.165, 1.54) is 32.5 Å². The molecule has 3 unspecified atom stereocenters. The molecule has 17 heavy (non-hydrogen) atoms. The van der Waals surface area contributed by atoms with Crippen LogP contribution in [0.3, 0.4) is 0 Å². The molecule has 0 saturated carbocycles. The lowest BCUT2D eigenvalue weighted by Crippen LogP contribution is -2.46. The number of nitrogens with zero attached hydrogens (tertiary/aromatic N) is 1. The molecule has 1 rings (SSSR count). The van der Waals surface area contributed by atoms with Gasteiger partial charge in [-0.1, -0.05) is 6.92 Å². The van der Waals surface area contributed by atoms with E-state index in [0.717, 1.165) is 18.8 Å². The largest absolute Gasteiger partial charge is 0.396 e. The van der Waals surface area contributed by atoms with Gasteiger partial charge < -0.3 is 15.3 Å². The molecule has 102 valence electrons. The maximum absolute atomic E-state index is 8.83. The van der Waals surface area contributed by atoms with Crippen molar-refractivity contribution in [1.29, 1.82) is 0 Å². The van der Waals surface area contributed by atoms with Gasteiger partial charge in [0.05, 0.1) is 0 Å². The van der Waals surface area contributed by atoms with Gasteiger partial charge in [0, 0.05) is 25.2 Å². The van der Waals surface area contributed by atoms with E-state index in [1.807, 2.05) is 0 Å². The van der Waals surface area contributed by atoms with Crippen LogP contribution in [0, 0.1) is 5.92 Å². The van der Waals surface area contributed by atoms with Crippen molar-refractivity contribution in [3.63, 3.8) is 0 Å². The zero-order valence-corrected chi connectivity index (χ0v) is 11.8. The highest BCUT2D eigenvalue weighted by molar-refractivity contribution is 4.81. The molecule has 0 aromatic carbocycles. The Hall–Kier alpha value is -0.120. The third-order valence-electron chi connectivity index (χ3n) is 4.04. The molecule has 1 aliphatic heterocycles. The summed E-state index contributed by atoms with van der Waals surface area (Å²) < 4.78 is 0. The van der Waals surface area contributed by atoms with Crippen molar-refractivity contribution in [1.82, 2.24) is 10.2 Å². The second-order valence-electron chi connectivity index (χ2n) is 5.52. The molecule has 0 amide bonds. The third-order valence-corrected chi connectivity index (χ3v) is 4.04. The summed E-state index contributed by atoms with van der Waals surface area (Å²) in [4.78, 5) is 2.56. The van der Waals surface area contributed by atoms with Crippen LogP contribution < -0.4 is 5.32 Å². The first-order valence-corrected chi connectivity index (χ1v) is 7.26. The van der Waals surface area contributed by atoms with Gasteiger partial charge in [0.25, 0.3) is 0 Å². The Labute approximate surface area is 107 Å². The number of nitrogens with one attached hydrogen (secondary N) is 1. The van der Waals surface area contributed by atoms with Crippen molar-refractivity contribution < 1.29 is 5.11 Å². The van der Waals surface area contributed by atoms with Crippen molar-refractivity contribution in [3.05, 3.63) is 0 Å². The number of rotatable bonds is 7. The van der Waals surface area contributed by atoms with Crippen LogP contribution in [-0.4, -0.2) is 48.3 Å². The van der Waals surface area contributed by atoms with E-state index in [-0.39, 0.29) is 0 Å². The lowest BCUT2D eigenvalue weighted by molar-refractivity contribution is 0.152. The fraction of sp³-hybridized carbons (Fsp3) is 1.00. The predicted octanol–water partition coefficient (Wildman–Crippen LogP) is 1.86. The van der Waals surface area contributed by atoms with E-state index >= 15 is 0 Å². The number of aliphatic hydroxyl groups excluding tert-OH is 1. The number of likely N-dealkylation sites (tertiary alicyclic amines) is 1. The molecule has 0 spiro atoms. The van der Waals surface area contributed by atoms with Gasteiger partial charge in [0.15, 0.2) is 0 Å². The average Bonchev–Trinajstić information content (AvgIpc) is 2.36. The highest BCUT2D eigenvalue weighted by Gasteiger charge is 2.24. The monoisotopic (exact) mass is 242 g/mol. The second-order valence-corrected chi connectivity index (χ2v) is 5.52. The van der Waals surface area contributed by atoms with Crippen LogP contribution in [0.15, 0.2) is 0 Å². The molecule has 2 N–H and O–H groups in total. The van der Waals surface area contributed by atoms with Crippen molar-refractivity contribution >= 4 is 0 Å². The van der Waals surface area contributed by atoms with Crippen LogP contribution in [0.4, 0.5) is 0 Å². The van der Waals surface area contributed by atoms with Gasteiger partial charge >= 0.3 is 0 Å². The van der Waals surface area contributed by atoms with Gasteiger partial charge in [-0.3, -0.25) is 0 Å². The minimum atomic E-state index is 0.313. The number of piperidine rings is 1. The number of hydrogen-bond donors (Lipinski definition) is 2. The molecule has 0 aromatic heterocycles. The van der Waals surface area contributed by atoms with E-state index in [2.05, 4.69) is 31.0 Å². The lowest BCUT2D eigenvalue weighted by Gasteiger charge is -2.36. The smallest absolute Gasteiger partial charge is 0.0431 e. The number of aliphatic hydroxyl groups is 1. The molecular formula is C14H30N2O. The second kappa shape index (κ2) is 8.06. The predicted molar refractivity (Wildman–Crippen MR) is 73.2 cm³/mol. The van der Waals surface area contributed by atoms with Gasteiger partial charge in [0.2, 0.25) is 0 Å². The minimum absolute atomic E-state index is 0.313. The fourth-order valence-corrected chi connectivity index (χ4v) is 2.85. The van der Waals surface area contributed by atoms with E-state index in [9.17, 15) is 0 Å². The molecular weight excluding hydrogens is 212 g/mol. The van der Waals surface area contributed by atoms with Gasteiger partial charge in [-0.15, -0.1) is 0 Å². The Kier molecular flexibility index (Phi) is 7.09. The summed E-state index contributed by atoms with van der Waals surface area (Å²) in [7, 11) is 0. The normalized spacial score (nSPS) is 25.8. The maximum Gasteiger partial charge on any atom is 0.0431 e. The molecule has 1 fully saturated rings. The van der Waals surface area contributed by atoms with E-state index in [1.54, 1.807) is 0 Å². The molecule has 0 bridgehead atoms. The Morgan fingerprint density at radius 3 is 2.82 bits per heavy atom. The molecule has 3 nitrogen and oxygen atoms in total. The summed E-state index contributed by atoms with van der Waals surface area (Å²) in [5.41, 5.74) is 0. The molecule has 0 radical (unpaired) electrons. The topological polar surface area (TPSA) is 35.5 Å². The Morgan fingerprint density at radius 2 is 2.18 bits per heavy atom. The molecule has 3 heteroatoms. The van der Waals surface area contributed by atoms with Crippen LogP contribution in [-0.2, 0) is 0 Å². The molecule has 0 aliphatic carbocycles. The molecule has 1 saturated heterocycles. The Balaban J connectivity index is 2.28. The van der Waals surface area contributed by atoms with Gasteiger partial charge in [-0.25, -0.2) is 0 Å². The first-order valence-electron chi connectivity index (χ1n) is 7.26. The summed E-state index contributed by atoms with van der Waals surface area (Å²) in [5.74, 6) is 0.792. The van der Waals surface area contributed by atoms with Crippen LogP contribution in [0.2, 0.25) is 0 Å². The first-order chi connectivity index (χ1) is 8.17. The average molecular weight is 242 g/mol. The maximum atomic E-state index is 8.83. The summed E-state index contributed by atoms with van der Waals surface area (Å²) in [5, 5.41) is 12.5. The van der Waals surface area contributed by atoms with Crippen molar-refractivity contribution in [2.45, 2.75) is 58.5 Å². The number of hydrogen-bond acceptors (Lipinski definition) is 3. The SMILES string of the molecule is CCN1CCCC(C(C)NC(C)CCCO)C1. The van der Waals surface area contributed by atoms with Crippen molar-refractivity contribution in [3.8, 4) is 0 Å². The van der Waals surface area contributed by atoms with E-state index in [4.69, 9.17) is 5.11 Å². The minimum Gasteiger partial charge on any atom is -0.396 e. The summed E-state index contributed by atoms with van der Waals surface area (Å²) >= 11 is 0. The molecule has 1 heterocycles. The first kappa shape index (κ1) is 14.9. The van der Waals surface area contributed by atoms with Gasteiger partial charge in [-0.05, 0) is 58.5 Å². The standard InChI is InChI=1S/C14H30N2O/c1-4-16-9-5-8-14(11-16)13(3)15-12(2)7-6-10-17/h12-15,17H,4-11H2,1-3H3. The van der Waals surface area contributed by atoms with Gasteiger partial charge in [0.1, 0.15) is 0 Å². The highest BCUT2D eigenvalue weighted by Crippen LogP contribution is 2.20. The van der Waals surface area contributed by atoms with Crippen molar-refractivity contribution in [2.75, 3.05) is 26.2 Å². The zero-order valence-electron chi connectivity index (χ0n) is 11.8. The van der Waals surface area contributed by atoms with Crippen LogP contribution in [0.1, 0.15) is 46.5 Å². The Bertz CT molecular complexity index is 199. The Morgan fingerprint density at radius 1 is 1.41 bits per heavy atom. The molecule has 3 atom stereocenters. The van der Waals surface area contributed by atoms with E-state index in [0.29, 0.717) is 18.7 Å². The summed E-state index contributed by atoms with van der Waals surface area (Å²) in [6, 6.07) is 1.12. The molecule has 1 aliphatic rings. The quantitative estimate of drug-likeness (QED) is 0.715. The van der Waals surface area contributed by atoms with Gasteiger partial charge in [-0.2, -0.15) is 0 Å². The van der Waals surface area contributed by atoms with Crippen molar-refractivity contribution in [2.24, 2.45) is 5.92 Å². The van der Waals surface area contributed by atoms with Crippen LogP contribution in [0.25, 0.3) is 0 Å². The fourth-order valence-electron chi connectivity index (χ4n) is 2.85. The summed E-state index contributed by atoms with van der Waals surface area (Å²) in [6.07, 6.45) is 4.69. The third kappa shape index (κ3) is 5.36.